The van der Waals surface area contributed by atoms with Crippen molar-refractivity contribution >= 4 is 33.2 Å². The molecule has 2 aromatic rings. The smallest absolute Gasteiger partial charge is 0.0449 e. The average molecular weight is 354 g/mol. The molecule has 2 N–H and O–H groups in total. The van der Waals surface area contributed by atoms with Crippen molar-refractivity contribution in [3.63, 3.8) is 0 Å². The van der Waals surface area contributed by atoms with Crippen LogP contribution in [0.5, 0.6) is 0 Å². The van der Waals surface area contributed by atoms with E-state index in [1.165, 1.54) is 0 Å². The van der Waals surface area contributed by atoms with Crippen LogP contribution in [0.15, 0.2) is 46.9 Å². The van der Waals surface area contributed by atoms with Gasteiger partial charge >= 0.3 is 0 Å². The Morgan fingerprint density at radius 1 is 1.20 bits per heavy atom. The van der Waals surface area contributed by atoms with E-state index < -0.39 is 0 Å². The lowest BCUT2D eigenvalue weighted by atomic mass is 9.99. The van der Waals surface area contributed by atoms with Gasteiger partial charge in [-0.3, -0.25) is 0 Å². The summed E-state index contributed by atoms with van der Waals surface area (Å²) in [7, 11) is 4.05. The Labute approximate surface area is 133 Å². The van der Waals surface area contributed by atoms with E-state index in [9.17, 15) is 0 Å². The van der Waals surface area contributed by atoms with Gasteiger partial charge in [0, 0.05) is 35.3 Å². The van der Waals surface area contributed by atoms with Crippen LogP contribution in [0.4, 0.5) is 5.69 Å². The maximum absolute atomic E-state index is 6.31. The topological polar surface area (TPSA) is 29.3 Å². The van der Waals surface area contributed by atoms with E-state index in [0.717, 1.165) is 32.7 Å². The number of nitrogens with two attached hydrogens (primary N) is 1. The van der Waals surface area contributed by atoms with Crippen molar-refractivity contribution in [2.45, 2.75) is 12.5 Å². The van der Waals surface area contributed by atoms with Crippen molar-refractivity contribution in [2.75, 3.05) is 19.0 Å². The summed E-state index contributed by atoms with van der Waals surface area (Å²) in [6.07, 6.45) is 0.725. The second-order valence-electron chi connectivity index (χ2n) is 5.04. The second kappa shape index (κ2) is 6.61. The van der Waals surface area contributed by atoms with Crippen LogP contribution >= 0.6 is 27.5 Å². The van der Waals surface area contributed by atoms with Crippen molar-refractivity contribution in [3.8, 4) is 0 Å². The predicted molar refractivity (Wildman–Crippen MR) is 90.6 cm³/mol. The van der Waals surface area contributed by atoms with Crippen LogP contribution in [0.2, 0.25) is 5.02 Å². The quantitative estimate of drug-likeness (QED) is 0.882. The maximum atomic E-state index is 6.31. The predicted octanol–water partition coefficient (Wildman–Crippen LogP) is 4.41. The number of halogens is 2. The molecule has 0 saturated heterocycles. The molecule has 0 spiro atoms. The molecule has 0 saturated carbocycles. The fourth-order valence-corrected chi connectivity index (χ4v) is 2.83. The van der Waals surface area contributed by atoms with Crippen molar-refractivity contribution in [2.24, 2.45) is 5.73 Å². The van der Waals surface area contributed by atoms with Crippen LogP contribution < -0.4 is 10.6 Å². The lowest BCUT2D eigenvalue weighted by Gasteiger charge is -2.17. The Kier molecular flexibility index (Phi) is 5.08. The molecule has 2 nitrogen and oxygen atoms in total. The number of hydrogen-bond donors (Lipinski definition) is 1. The molecular formula is C16H18BrClN2. The third-order valence-electron chi connectivity index (χ3n) is 3.27. The molecule has 0 aliphatic heterocycles. The molecule has 2 aromatic carbocycles. The van der Waals surface area contributed by atoms with E-state index in [1.807, 2.05) is 38.4 Å². The minimum absolute atomic E-state index is 0.0615. The molecule has 0 aromatic heterocycles. The third kappa shape index (κ3) is 3.75. The number of hydrogen-bond acceptors (Lipinski definition) is 2. The van der Waals surface area contributed by atoms with E-state index in [1.54, 1.807) is 0 Å². The lowest BCUT2D eigenvalue weighted by molar-refractivity contribution is 0.722. The fraction of sp³-hybridized carbons (Fsp3) is 0.250. The zero-order valence-corrected chi connectivity index (χ0v) is 13.9. The Morgan fingerprint density at radius 3 is 2.60 bits per heavy atom. The molecule has 0 fully saturated rings. The van der Waals surface area contributed by atoms with Gasteiger partial charge in [-0.15, -0.1) is 0 Å². The van der Waals surface area contributed by atoms with E-state index >= 15 is 0 Å². The van der Waals surface area contributed by atoms with Crippen LogP contribution in [0.25, 0.3) is 0 Å². The van der Waals surface area contributed by atoms with Crippen LogP contribution in [-0.4, -0.2) is 14.1 Å². The van der Waals surface area contributed by atoms with Crippen molar-refractivity contribution < 1.29 is 0 Å². The number of rotatable bonds is 4. The minimum Gasteiger partial charge on any atom is -0.378 e. The summed E-state index contributed by atoms with van der Waals surface area (Å²) in [5.74, 6) is 0. The highest BCUT2D eigenvalue weighted by Crippen LogP contribution is 2.26. The largest absolute Gasteiger partial charge is 0.378 e. The SMILES string of the molecule is CN(C)c1cccc(C(N)Cc2ccc(Br)cc2Cl)c1. The van der Waals surface area contributed by atoms with E-state index in [4.69, 9.17) is 17.3 Å². The summed E-state index contributed by atoms with van der Waals surface area (Å²) in [6.45, 7) is 0. The Bertz CT molecular complexity index is 599. The van der Waals surface area contributed by atoms with E-state index in [0.29, 0.717) is 0 Å². The first kappa shape index (κ1) is 15.4. The van der Waals surface area contributed by atoms with Gasteiger partial charge in [0.05, 0.1) is 0 Å². The second-order valence-corrected chi connectivity index (χ2v) is 6.36. The average Bonchev–Trinajstić information content (AvgIpc) is 2.42. The highest BCUT2D eigenvalue weighted by molar-refractivity contribution is 9.10. The molecule has 0 radical (unpaired) electrons. The van der Waals surface area contributed by atoms with E-state index in [2.05, 4.69) is 39.0 Å². The summed E-state index contributed by atoms with van der Waals surface area (Å²) >= 11 is 9.66. The lowest BCUT2D eigenvalue weighted by Crippen LogP contribution is -2.15. The molecular weight excluding hydrogens is 336 g/mol. The summed E-state index contributed by atoms with van der Waals surface area (Å²) in [5, 5.41) is 0.749. The van der Waals surface area contributed by atoms with Gasteiger partial charge in [0.1, 0.15) is 0 Å². The first-order chi connectivity index (χ1) is 9.47. The van der Waals surface area contributed by atoms with Crippen LogP contribution in [0.3, 0.4) is 0 Å². The first-order valence-corrected chi connectivity index (χ1v) is 7.61. The molecule has 4 heteroatoms. The van der Waals surface area contributed by atoms with Gasteiger partial charge in [-0.25, -0.2) is 0 Å². The Balaban J connectivity index is 2.19. The fourth-order valence-electron chi connectivity index (χ4n) is 2.08. The number of benzene rings is 2. The molecule has 106 valence electrons. The molecule has 0 aliphatic rings. The Hall–Kier alpha value is -1.03. The van der Waals surface area contributed by atoms with Gasteiger partial charge in [0.15, 0.2) is 0 Å². The summed E-state index contributed by atoms with van der Waals surface area (Å²) in [4.78, 5) is 2.07. The molecule has 1 unspecified atom stereocenters. The normalized spacial score (nSPS) is 12.2. The number of anilines is 1. The van der Waals surface area contributed by atoms with Gasteiger partial charge in [0.2, 0.25) is 0 Å². The zero-order valence-electron chi connectivity index (χ0n) is 11.6. The van der Waals surface area contributed by atoms with Gasteiger partial charge in [-0.1, -0.05) is 45.7 Å². The van der Waals surface area contributed by atoms with Gasteiger partial charge in [-0.05, 0) is 41.8 Å². The van der Waals surface area contributed by atoms with Crippen molar-refractivity contribution in [1.82, 2.24) is 0 Å². The molecule has 0 heterocycles. The minimum atomic E-state index is -0.0615. The van der Waals surface area contributed by atoms with Crippen LogP contribution in [0, 0.1) is 0 Å². The van der Waals surface area contributed by atoms with Crippen molar-refractivity contribution in [1.29, 1.82) is 0 Å². The molecule has 1 atom stereocenters. The third-order valence-corrected chi connectivity index (χ3v) is 4.11. The van der Waals surface area contributed by atoms with Gasteiger partial charge < -0.3 is 10.6 Å². The van der Waals surface area contributed by atoms with Gasteiger partial charge in [-0.2, -0.15) is 0 Å². The zero-order chi connectivity index (χ0) is 14.7. The molecule has 20 heavy (non-hydrogen) atoms. The van der Waals surface area contributed by atoms with Crippen LogP contribution in [-0.2, 0) is 6.42 Å². The summed E-state index contributed by atoms with van der Waals surface area (Å²) in [6, 6.07) is 14.1. The highest BCUT2D eigenvalue weighted by atomic mass is 79.9. The van der Waals surface area contributed by atoms with Gasteiger partial charge in [0.25, 0.3) is 0 Å². The maximum Gasteiger partial charge on any atom is 0.0449 e. The Morgan fingerprint density at radius 2 is 1.95 bits per heavy atom. The van der Waals surface area contributed by atoms with Crippen LogP contribution in [0.1, 0.15) is 17.2 Å². The molecule has 0 amide bonds. The van der Waals surface area contributed by atoms with E-state index in [-0.39, 0.29) is 6.04 Å². The highest BCUT2D eigenvalue weighted by Gasteiger charge is 2.11. The summed E-state index contributed by atoms with van der Waals surface area (Å²) < 4.78 is 0.981. The van der Waals surface area contributed by atoms with Crippen molar-refractivity contribution in [3.05, 3.63) is 63.1 Å². The monoisotopic (exact) mass is 352 g/mol. The molecule has 0 aliphatic carbocycles. The standard InChI is InChI=1S/C16H18BrClN2/c1-20(2)14-5-3-4-12(8-14)16(19)9-11-6-7-13(17)10-15(11)18/h3-8,10,16H,9,19H2,1-2H3. The number of nitrogens with zero attached hydrogens (tertiary/aromatic N) is 1. The molecule has 0 bridgehead atoms. The first-order valence-electron chi connectivity index (χ1n) is 6.44. The molecule has 2 rings (SSSR count). The summed E-state index contributed by atoms with van der Waals surface area (Å²) in [5.41, 5.74) is 9.65.